The summed E-state index contributed by atoms with van der Waals surface area (Å²) in [7, 11) is 1.77. The van der Waals surface area contributed by atoms with Crippen molar-refractivity contribution in [3.8, 4) is 17.5 Å². The fourth-order valence-corrected chi connectivity index (χ4v) is 4.79. The van der Waals surface area contributed by atoms with Gasteiger partial charge in [0.25, 0.3) is 11.5 Å². The molecule has 4 aromatic heterocycles. The first-order valence-electron chi connectivity index (χ1n) is 12.8. The van der Waals surface area contributed by atoms with Gasteiger partial charge < -0.3 is 11.1 Å². The number of nitrogens with one attached hydrogen (secondary N) is 1. The van der Waals surface area contributed by atoms with Crippen LogP contribution in [0, 0.1) is 23.5 Å². The molecule has 3 N–H and O–H groups in total. The van der Waals surface area contributed by atoms with Crippen molar-refractivity contribution < 1.29 is 13.6 Å². The van der Waals surface area contributed by atoms with Crippen molar-refractivity contribution in [3.63, 3.8) is 0 Å². The summed E-state index contributed by atoms with van der Waals surface area (Å²) in [5.74, 6) is 3.25. The molecule has 208 valence electrons. The fraction of sp³-hybridized carbons (Fsp3) is 0.100. The molecular weight excluding hydrogens is 542 g/mol. The zero-order valence-electron chi connectivity index (χ0n) is 22.3. The molecule has 0 spiro atoms. The second-order valence-electron chi connectivity index (χ2n) is 9.57. The lowest BCUT2D eigenvalue weighted by molar-refractivity contribution is 0.0941. The molecule has 6 rings (SSSR count). The molecule has 0 bridgehead atoms. The van der Waals surface area contributed by atoms with Gasteiger partial charge in [0.15, 0.2) is 23.1 Å². The predicted molar refractivity (Wildman–Crippen MR) is 152 cm³/mol. The summed E-state index contributed by atoms with van der Waals surface area (Å²) in [6.07, 6.45) is 6.46. The third kappa shape index (κ3) is 4.62. The Hall–Kier alpha value is -5.83. The van der Waals surface area contributed by atoms with Gasteiger partial charge in [-0.25, -0.2) is 18.3 Å². The second kappa shape index (κ2) is 10.3. The van der Waals surface area contributed by atoms with Crippen LogP contribution in [-0.2, 0) is 7.05 Å². The minimum absolute atomic E-state index is 0.0215. The fourth-order valence-electron chi connectivity index (χ4n) is 4.79. The van der Waals surface area contributed by atoms with E-state index in [9.17, 15) is 18.4 Å². The van der Waals surface area contributed by atoms with Crippen LogP contribution in [-0.4, -0.2) is 34.9 Å². The number of nitrogens with zero attached hydrogens (tertiary/aromatic N) is 6. The second-order valence-corrected chi connectivity index (χ2v) is 9.57. The van der Waals surface area contributed by atoms with E-state index in [1.807, 2.05) is 0 Å². The smallest absolute Gasteiger partial charge is 0.264 e. The maximum absolute atomic E-state index is 14.4. The Kier molecular flexibility index (Phi) is 6.47. The number of nitrogen functional groups attached to an aromatic ring is 1. The number of halogens is 2. The standard InChI is InChI=1S/C30H22F2N8O2/c1-17(36-29(41)26-27(33)37-39-12-4-11-34-28(26)39)24-13-20-6-3-5-19(8-7-18-15-35-38(2)16-18)25(20)30(42)40(24)21-9-10-22(31)23(32)14-21/h3-6,9-17H,1-2H3,(H2,33,37)(H,36,41)/t17-/m1/s1. The lowest BCUT2D eigenvalue weighted by atomic mass is 10.0. The van der Waals surface area contributed by atoms with E-state index >= 15 is 0 Å². The van der Waals surface area contributed by atoms with Crippen molar-refractivity contribution >= 4 is 28.1 Å². The topological polar surface area (TPSA) is 125 Å². The molecule has 0 saturated carbocycles. The summed E-state index contributed by atoms with van der Waals surface area (Å²) in [6, 6.07) is 10.9. The van der Waals surface area contributed by atoms with Gasteiger partial charge >= 0.3 is 0 Å². The molecule has 2 aromatic carbocycles. The highest BCUT2D eigenvalue weighted by atomic mass is 19.2. The number of carbonyl (C=O) groups is 1. The number of hydrogen-bond donors (Lipinski definition) is 2. The number of aromatic nitrogens is 6. The molecule has 0 aliphatic heterocycles. The van der Waals surface area contributed by atoms with E-state index in [0.29, 0.717) is 22.2 Å². The van der Waals surface area contributed by atoms with Gasteiger partial charge in [0.05, 0.1) is 28.9 Å². The number of carbonyl (C=O) groups excluding carboxylic acids is 1. The molecule has 6 aromatic rings. The molecule has 10 nitrogen and oxygen atoms in total. The van der Waals surface area contributed by atoms with Crippen LogP contribution in [0.4, 0.5) is 14.6 Å². The molecule has 4 heterocycles. The Morgan fingerprint density at radius 1 is 1.10 bits per heavy atom. The van der Waals surface area contributed by atoms with E-state index in [0.717, 1.165) is 12.1 Å². The van der Waals surface area contributed by atoms with Gasteiger partial charge in [-0.2, -0.15) is 5.10 Å². The third-order valence-corrected chi connectivity index (χ3v) is 6.72. The van der Waals surface area contributed by atoms with Crippen molar-refractivity contribution in [2.24, 2.45) is 7.05 Å². The summed E-state index contributed by atoms with van der Waals surface area (Å²) in [5, 5.41) is 11.9. The normalized spacial score (nSPS) is 11.8. The number of rotatable bonds is 4. The lowest BCUT2D eigenvalue weighted by Crippen LogP contribution is -2.32. The highest BCUT2D eigenvalue weighted by Gasteiger charge is 2.24. The SMILES string of the molecule is C[C@@H](NC(=O)c1c(N)nn2cccnc12)c1cc2cccc(C#Cc3cnn(C)c3)c2c(=O)n1-c1ccc(F)c(F)c1. The Balaban J connectivity index is 1.50. The van der Waals surface area contributed by atoms with Crippen LogP contribution in [0.2, 0.25) is 0 Å². The highest BCUT2D eigenvalue weighted by Crippen LogP contribution is 2.25. The Morgan fingerprint density at radius 3 is 2.69 bits per heavy atom. The van der Waals surface area contributed by atoms with Crippen molar-refractivity contribution in [1.29, 1.82) is 0 Å². The number of aryl methyl sites for hydroxylation is 1. The summed E-state index contributed by atoms with van der Waals surface area (Å²) in [4.78, 5) is 31.7. The summed E-state index contributed by atoms with van der Waals surface area (Å²) in [5.41, 5.74) is 7.30. The minimum atomic E-state index is -1.13. The van der Waals surface area contributed by atoms with Crippen LogP contribution in [0.3, 0.4) is 0 Å². The molecule has 42 heavy (non-hydrogen) atoms. The number of hydrogen-bond acceptors (Lipinski definition) is 6. The molecule has 0 radical (unpaired) electrons. The van der Waals surface area contributed by atoms with E-state index in [1.165, 1.54) is 21.3 Å². The summed E-state index contributed by atoms with van der Waals surface area (Å²) >= 11 is 0. The Morgan fingerprint density at radius 2 is 1.93 bits per heavy atom. The lowest BCUT2D eigenvalue weighted by Gasteiger charge is -2.21. The highest BCUT2D eigenvalue weighted by molar-refractivity contribution is 6.04. The number of pyridine rings is 1. The number of anilines is 1. The van der Waals surface area contributed by atoms with Crippen LogP contribution in [0.1, 0.15) is 40.1 Å². The van der Waals surface area contributed by atoms with Gasteiger partial charge in [-0.1, -0.05) is 24.0 Å². The van der Waals surface area contributed by atoms with Gasteiger partial charge in [0.2, 0.25) is 0 Å². The van der Waals surface area contributed by atoms with E-state index in [4.69, 9.17) is 5.73 Å². The molecular formula is C30H22F2N8O2. The third-order valence-electron chi connectivity index (χ3n) is 6.72. The first kappa shape index (κ1) is 26.4. The number of amides is 1. The molecule has 1 amide bonds. The molecule has 0 aliphatic carbocycles. The van der Waals surface area contributed by atoms with Gasteiger partial charge in [0, 0.05) is 43.0 Å². The van der Waals surface area contributed by atoms with Crippen LogP contribution in [0.25, 0.3) is 22.1 Å². The van der Waals surface area contributed by atoms with Crippen molar-refractivity contribution in [1.82, 2.24) is 34.3 Å². The van der Waals surface area contributed by atoms with Crippen LogP contribution in [0.15, 0.2) is 78.1 Å². The minimum Gasteiger partial charge on any atom is -0.381 e. The first-order chi connectivity index (χ1) is 20.2. The maximum atomic E-state index is 14.4. The molecule has 1 atom stereocenters. The zero-order chi connectivity index (χ0) is 29.5. The van der Waals surface area contributed by atoms with Gasteiger partial charge in [-0.15, -0.1) is 5.10 Å². The molecule has 0 saturated heterocycles. The van der Waals surface area contributed by atoms with E-state index in [-0.39, 0.29) is 28.1 Å². The maximum Gasteiger partial charge on any atom is 0.264 e. The van der Waals surface area contributed by atoms with Gasteiger partial charge in [-0.05, 0) is 42.6 Å². The van der Waals surface area contributed by atoms with Crippen LogP contribution in [0.5, 0.6) is 0 Å². The summed E-state index contributed by atoms with van der Waals surface area (Å²) in [6.45, 7) is 1.66. The molecule has 0 fully saturated rings. The average molecular weight is 565 g/mol. The number of fused-ring (bicyclic) bond motifs is 2. The number of benzene rings is 2. The van der Waals surface area contributed by atoms with Crippen LogP contribution >= 0.6 is 0 Å². The Labute approximate surface area is 237 Å². The Bertz CT molecular complexity index is 2150. The zero-order valence-corrected chi connectivity index (χ0v) is 22.3. The van der Waals surface area contributed by atoms with Gasteiger partial charge in [0.1, 0.15) is 5.56 Å². The molecule has 12 heteroatoms. The van der Waals surface area contributed by atoms with E-state index in [2.05, 4.69) is 32.3 Å². The average Bonchev–Trinajstić information content (AvgIpc) is 3.54. The predicted octanol–water partition coefficient (Wildman–Crippen LogP) is 3.52. The quantitative estimate of drug-likeness (QED) is 0.316. The van der Waals surface area contributed by atoms with E-state index in [1.54, 1.807) is 67.6 Å². The largest absolute Gasteiger partial charge is 0.381 e. The van der Waals surface area contributed by atoms with Crippen molar-refractivity contribution in [2.45, 2.75) is 13.0 Å². The number of nitrogens with two attached hydrogens (primary N) is 1. The first-order valence-corrected chi connectivity index (χ1v) is 12.8. The van der Waals surface area contributed by atoms with E-state index < -0.39 is 29.1 Å². The summed E-state index contributed by atoms with van der Waals surface area (Å²) < 4.78 is 32.5. The monoisotopic (exact) mass is 564 g/mol. The van der Waals surface area contributed by atoms with Crippen molar-refractivity contribution in [2.75, 3.05) is 5.73 Å². The van der Waals surface area contributed by atoms with Gasteiger partial charge in [-0.3, -0.25) is 18.8 Å². The molecule has 0 unspecified atom stereocenters. The van der Waals surface area contributed by atoms with Crippen molar-refractivity contribution in [3.05, 3.63) is 118 Å². The molecule has 0 aliphatic rings. The van der Waals surface area contributed by atoms with Crippen LogP contribution < -0.4 is 16.6 Å².